The van der Waals surface area contributed by atoms with Crippen molar-refractivity contribution in [1.29, 1.82) is 0 Å². The number of nitrogen functional groups attached to an aromatic ring is 1. The fourth-order valence-corrected chi connectivity index (χ4v) is 2.02. The van der Waals surface area contributed by atoms with E-state index in [2.05, 4.69) is 15.3 Å². The molecule has 0 saturated carbocycles. The summed E-state index contributed by atoms with van der Waals surface area (Å²) >= 11 is 6.01. The Kier molecular flexibility index (Phi) is 4.00. The van der Waals surface area contributed by atoms with Crippen LogP contribution in [0.4, 0.5) is 5.82 Å². The third kappa shape index (κ3) is 2.72. The van der Waals surface area contributed by atoms with E-state index >= 15 is 0 Å². The quantitative estimate of drug-likeness (QED) is 0.601. The molecule has 1 aliphatic rings. The highest BCUT2D eigenvalue weighted by molar-refractivity contribution is 6.33. The second-order valence-electron chi connectivity index (χ2n) is 4.27. The summed E-state index contributed by atoms with van der Waals surface area (Å²) in [5.41, 5.74) is 2.66. The Morgan fingerprint density at radius 2 is 2.06 bits per heavy atom. The highest BCUT2D eigenvalue weighted by Gasteiger charge is 2.23. The number of nitrogens with two attached hydrogens (primary N) is 1. The summed E-state index contributed by atoms with van der Waals surface area (Å²) in [7, 11) is 2.03. The van der Waals surface area contributed by atoms with Crippen LogP contribution in [0.1, 0.15) is 10.5 Å². The van der Waals surface area contributed by atoms with Gasteiger partial charge in [0.25, 0.3) is 5.91 Å². The molecule has 0 radical (unpaired) electrons. The minimum absolute atomic E-state index is 0.148. The molecule has 0 bridgehead atoms. The van der Waals surface area contributed by atoms with E-state index in [0.717, 1.165) is 13.1 Å². The first-order chi connectivity index (χ1) is 8.61. The molecule has 0 aromatic carbocycles. The van der Waals surface area contributed by atoms with Crippen molar-refractivity contribution in [2.45, 2.75) is 0 Å². The maximum atomic E-state index is 12.3. The second-order valence-corrected chi connectivity index (χ2v) is 4.67. The molecule has 1 aromatic heterocycles. The van der Waals surface area contributed by atoms with Gasteiger partial charge in [-0.2, -0.15) is 0 Å². The van der Waals surface area contributed by atoms with E-state index in [1.54, 1.807) is 17.0 Å². The van der Waals surface area contributed by atoms with E-state index in [0.29, 0.717) is 23.9 Å². The first kappa shape index (κ1) is 13.1. The molecule has 0 aliphatic carbocycles. The molecule has 1 aliphatic heterocycles. The number of hydrogen-bond acceptors (Lipinski definition) is 5. The Morgan fingerprint density at radius 3 is 2.67 bits per heavy atom. The van der Waals surface area contributed by atoms with Crippen molar-refractivity contribution in [1.82, 2.24) is 14.8 Å². The van der Waals surface area contributed by atoms with Crippen molar-refractivity contribution < 1.29 is 4.79 Å². The summed E-state index contributed by atoms with van der Waals surface area (Å²) in [6.07, 6.45) is 0. The molecule has 1 amide bonds. The number of anilines is 1. The number of hydrazine groups is 1. The zero-order valence-electron chi connectivity index (χ0n) is 10.2. The average Bonchev–Trinajstić information content (AvgIpc) is 2.39. The van der Waals surface area contributed by atoms with Crippen LogP contribution in [-0.2, 0) is 0 Å². The fraction of sp³-hybridized carbons (Fsp3) is 0.455. The molecule has 1 fully saturated rings. The Balaban J connectivity index is 2.17. The molecule has 3 N–H and O–H groups in total. The van der Waals surface area contributed by atoms with Crippen LogP contribution >= 0.6 is 11.6 Å². The summed E-state index contributed by atoms with van der Waals surface area (Å²) < 4.78 is 0. The van der Waals surface area contributed by atoms with Gasteiger partial charge in [0.1, 0.15) is 11.5 Å². The van der Waals surface area contributed by atoms with Gasteiger partial charge in [0.15, 0.2) is 0 Å². The van der Waals surface area contributed by atoms with Gasteiger partial charge in [0.05, 0.1) is 5.02 Å². The Morgan fingerprint density at radius 1 is 1.39 bits per heavy atom. The zero-order valence-corrected chi connectivity index (χ0v) is 10.9. The SMILES string of the molecule is CN1CCN(C(=O)c2nc(NN)ccc2Cl)CC1. The standard InChI is InChI=1S/C11H16ClN5O/c1-16-4-6-17(7-5-16)11(18)10-8(12)2-3-9(14-10)15-13/h2-3H,4-7,13H2,1H3,(H,14,15). The maximum Gasteiger partial charge on any atom is 0.274 e. The number of halogens is 1. The summed E-state index contributed by atoms with van der Waals surface area (Å²) in [6, 6.07) is 3.25. The summed E-state index contributed by atoms with van der Waals surface area (Å²) in [4.78, 5) is 20.3. The van der Waals surface area contributed by atoms with Crippen molar-refractivity contribution in [3.63, 3.8) is 0 Å². The summed E-state index contributed by atoms with van der Waals surface area (Å²) in [6.45, 7) is 3.09. The molecule has 98 valence electrons. The van der Waals surface area contributed by atoms with Crippen LogP contribution in [0, 0.1) is 0 Å². The highest BCUT2D eigenvalue weighted by atomic mass is 35.5. The lowest BCUT2D eigenvalue weighted by Crippen LogP contribution is -2.47. The normalized spacial score (nSPS) is 16.7. The fourth-order valence-electron chi connectivity index (χ4n) is 1.83. The number of rotatable bonds is 2. The summed E-state index contributed by atoms with van der Waals surface area (Å²) in [5, 5.41) is 0.345. The molecular formula is C11H16ClN5O. The van der Waals surface area contributed by atoms with Gasteiger partial charge in [0.2, 0.25) is 0 Å². The molecule has 2 heterocycles. The molecule has 7 heteroatoms. The van der Waals surface area contributed by atoms with E-state index in [1.807, 2.05) is 7.05 Å². The molecule has 0 atom stereocenters. The van der Waals surface area contributed by atoms with Gasteiger partial charge in [-0.3, -0.25) is 4.79 Å². The van der Waals surface area contributed by atoms with Crippen molar-refractivity contribution in [3.05, 3.63) is 22.8 Å². The number of pyridine rings is 1. The number of piperazine rings is 1. The van der Waals surface area contributed by atoms with Crippen LogP contribution in [0.2, 0.25) is 5.02 Å². The molecule has 6 nitrogen and oxygen atoms in total. The topological polar surface area (TPSA) is 74.5 Å². The minimum atomic E-state index is -0.148. The van der Waals surface area contributed by atoms with Crippen LogP contribution < -0.4 is 11.3 Å². The van der Waals surface area contributed by atoms with Crippen LogP contribution in [-0.4, -0.2) is 53.9 Å². The molecule has 2 rings (SSSR count). The summed E-state index contributed by atoms with van der Waals surface area (Å²) in [5.74, 6) is 5.56. The first-order valence-electron chi connectivity index (χ1n) is 5.73. The van der Waals surface area contributed by atoms with Crippen LogP contribution in [0.25, 0.3) is 0 Å². The zero-order chi connectivity index (χ0) is 13.1. The van der Waals surface area contributed by atoms with Crippen LogP contribution in [0.5, 0.6) is 0 Å². The van der Waals surface area contributed by atoms with Gasteiger partial charge in [-0.05, 0) is 19.2 Å². The second kappa shape index (κ2) is 5.51. The minimum Gasteiger partial charge on any atom is -0.335 e. The van der Waals surface area contributed by atoms with Gasteiger partial charge in [0, 0.05) is 26.2 Å². The molecule has 0 unspecified atom stereocenters. The van der Waals surface area contributed by atoms with Crippen LogP contribution in [0.3, 0.4) is 0 Å². The Hall–Kier alpha value is -1.37. The largest absolute Gasteiger partial charge is 0.335 e. The number of likely N-dealkylation sites (N-methyl/N-ethyl adjacent to an activating group) is 1. The number of hydrogen-bond donors (Lipinski definition) is 2. The number of amides is 1. The van der Waals surface area contributed by atoms with E-state index < -0.39 is 0 Å². The lowest BCUT2D eigenvalue weighted by Gasteiger charge is -2.32. The van der Waals surface area contributed by atoms with Gasteiger partial charge >= 0.3 is 0 Å². The number of nitrogens with zero attached hydrogens (tertiary/aromatic N) is 3. The van der Waals surface area contributed by atoms with Crippen molar-refractivity contribution in [2.75, 3.05) is 38.7 Å². The maximum absolute atomic E-state index is 12.3. The first-order valence-corrected chi connectivity index (χ1v) is 6.10. The number of nitrogens with one attached hydrogen (secondary N) is 1. The van der Waals surface area contributed by atoms with Crippen LogP contribution in [0.15, 0.2) is 12.1 Å². The molecular weight excluding hydrogens is 254 g/mol. The third-order valence-corrected chi connectivity index (χ3v) is 3.29. The molecule has 18 heavy (non-hydrogen) atoms. The smallest absolute Gasteiger partial charge is 0.274 e. The Bertz CT molecular complexity index is 445. The number of carbonyl (C=O) groups excluding carboxylic acids is 1. The predicted octanol–water partition coefficient (Wildman–Crippen LogP) is 0.408. The van der Waals surface area contributed by atoms with Gasteiger partial charge in [-0.1, -0.05) is 11.6 Å². The lowest BCUT2D eigenvalue weighted by molar-refractivity contribution is 0.0658. The van der Waals surface area contributed by atoms with Crippen molar-refractivity contribution in [3.8, 4) is 0 Å². The van der Waals surface area contributed by atoms with Gasteiger partial charge in [-0.15, -0.1) is 0 Å². The van der Waals surface area contributed by atoms with E-state index in [-0.39, 0.29) is 11.6 Å². The molecule has 0 spiro atoms. The van der Waals surface area contributed by atoms with Gasteiger partial charge in [-0.25, -0.2) is 10.8 Å². The number of carbonyl (C=O) groups is 1. The van der Waals surface area contributed by atoms with Gasteiger partial charge < -0.3 is 15.2 Å². The van der Waals surface area contributed by atoms with Crippen molar-refractivity contribution in [2.24, 2.45) is 5.84 Å². The third-order valence-electron chi connectivity index (χ3n) is 2.99. The van der Waals surface area contributed by atoms with E-state index in [1.165, 1.54) is 0 Å². The lowest BCUT2D eigenvalue weighted by atomic mass is 10.2. The Labute approximate surface area is 111 Å². The predicted molar refractivity (Wildman–Crippen MR) is 70.5 cm³/mol. The average molecular weight is 270 g/mol. The molecule has 1 saturated heterocycles. The van der Waals surface area contributed by atoms with Crippen molar-refractivity contribution >= 4 is 23.3 Å². The molecule has 1 aromatic rings. The number of aromatic nitrogens is 1. The monoisotopic (exact) mass is 269 g/mol. The highest BCUT2D eigenvalue weighted by Crippen LogP contribution is 2.18. The van der Waals surface area contributed by atoms with E-state index in [9.17, 15) is 4.79 Å². The van der Waals surface area contributed by atoms with E-state index in [4.69, 9.17) is 17.4 Å².